The summed E-state index contributed by atoms with van der Waals surface area (Å²) in [5.74, 6) is -0.491. The Balaban J connectivity index is 2.37. The minimum Gasteiger partial charge on any atom is -0.399 e. The second-order valence-corrected chi connectivity index (χ2v) is 6.44. The molecule has 0 heterocycles. The third-order valence-electron chi connectivity index (χ3n) is 2.58. The molecular formula is C13H7BrCl4N2O. The van der Waals surface area contributed by atoms with E-state index in [2.05, 4.69) is 21.2 Å². The molecule has 110 valence electrons. The molecule has 1 amide bonds. The molecule has 0 saturated carbocycles. The van der Waals surface area contributed by atoms with Gasteiger partial charge in [0.25, 0.3) is 5.91 Å². The summed E-state index contributed by atoms with van der Waals surface area (Å²) in [6, 6.07) is 6.16. The van der Waals surface area contributed by atoms with Gasteiger partial charge in [-0.05, 0) is 40.2 Å². The minimum atomic E-state index is -0.491. The average Bonchev–Trinajstić information content (AvgIpc) is 2.43. The molecule has 0 aromatic heterocycles. The lowest BCUT2D eigenvalue weighted by Gasteiger charge is -2.11. The first kappa shape index (κ1) is 16.7. The van der Waals surface area contributed by atoms with Crippen LogP contribution in [0.2, 0.25) is 20.1 Å². The summed E-state index contributed by atoms with van der Waals surface area (Å²) < 4.78 is 0.622. The molecule has 21 heavy (non-hydrogen) atoms. The maximum Gasteiger partial charge on any atom is 0.257 e. The molecule has 0 saturated heterocycles. The topological polar surface area (TPSA) is 55.1 Å². The third-order valence-corrected chi connectivity index (χ3v) is 5.15. The van der Waals surface area contributed by atoms with E-state index in [-0.39, 0.29) is 20.6 Å². The van der Waals surface area contributed by atoms with Crippen LogP contribution >= 0.6 is 62.3 Å². The van der Waals surface area contributed by atoms with Crippen molar-refractivity contribution >= 4 is 79.6 Å². The number of nitrogens with two attached hydrogens (primary N) is 1. The minimum absolute atomic E-state index is 0.114. The predicted molar refractivity (Wildman–Crippen MR) is 93.0 cm³/mol. The van der Waals surface area contributed by atoms with Crippen molar-refractivity contribution in [3.8, 4) is 0 Å². The zero-order valence-corrected chi connectivity index (χ0v) is 14.8. The van der Waals surface area contributed by atoms with Gasteiger partial charge in [-0.2, -0.15) is 0 Å². The van der Waals surface area contributed by atoms with Crippen LogP contribution < -0.4 is 11.1 Å². The standard InChI is InChI=1S/C13H7BrCl4N2O/c14-7-1-2-9(12(18)11(7)17)20-13(21)6-3-5(19)4-8(15)10(6)16/h1-4H,19H2,(H,20,21). The summed E-state index contributed by atoms with van der Waals surface area (Å²) >= 11 is 27.2. The summed E-state index contributed by atoms with van der Waals surface area (Å²) in [4.78, 5) is 12.3. The van der Waals surface area contributed by atoms with Gasteiger partial charge in [0.05, 0.1) is 31.3 Å². The zero-order valence-electron chi connectivity index (χ0n) is 10.2. The lowest BCUT2D eigenvalue weighted by molar-refractivity contribution is 0.102. The molecule has 0 atom stereocenters. The van der Waals surface area contributed by atoms with Crippen LogP contribution in [-0.2, 0) is 0 Å². The van der Waals surface area contributed by atoms with Crippen molar-refractivity contribution in [3.05, 3.63) is 54.4 Å². The number of nitrogens with one attached hydrogen (secondary N) is 1. The zero-order chi connectivity index (χ0) is 15.7. The molecule has 0 spiro atoms. The normalized spacial score (nSPS) is 10.5. The second-order valence-electron chi connectivity index (χ2n) is 4.04. The molecule has 0 fully saturated rings. The van der Waals surface area contributed by atoms with Gasteiger partial charge in [-0.3, -0.25) is 4.79 Å². The highest BCUT2D eigenvalue weighted by Crippen LogP contribution is 2.36. The molecule has 0 aliphatic heterocycles. The number of anilines is 2. The number of nitrogen functional groups attached to an aromatic ring is 1. The lowest BCUT2D eigenvalue weighted by atomic mass is 10.2. The van der Waals surface area contributed by atoms with Gasteiger partial charge in [0.15, 0.2) is 0 Å². The number of halogens is 5. The van der Waals surface area contributed by atoms with E-state index in [1.807, 2.05) is 0 Å². The number of amides is 1. The van der Waals surface area contributed by atoms with Crippen LogP contribution in [0.25, 0.3) is 0 Å². The summed E-state index contributed by atoms with van der Waals surface area (Å²) in [6.45, 7) is 0. The van der Waals surface area contributed by atoms with Crippen LogP contribution in [-0.4, -0.2) is 5.91 Å². The second kappa shape index (κ2) is 6.63. The fourth-order valence-electron chi connectivity index (χ4n) is 1.59. The van der Waals surface area contributed by atoms with Gasteiger partial charge in [0.2, 0.25) is 0 Å². The van der Waals surface area contributed by atoms with Crippen LogP contribution in [0.4, 0.5) is 11.4 Å². The highest BCUT2D eigenvalue weighted by atomic mass is 79.9. The smallest absolute Gasteiger partial charge is 0.257 e. The van der Waals surface area contributed by atoms with E-state index in [1.54, 1.807) is 12.1 Å². The van der Waals surface area contributed by atoms with E-state index in [1.165, 1.54) is 12.1 Å². The number of carbonyl (C=O) groups excluding carboxylic acids is 1. The highest BCUT2D eigenvalue weighted by Gasteiger charge is 2.17. The van der Waals surface area contributed by atoms with Crippen LogP contribution in [0, 0.1) is 0 Å². The van der Waals surface area contributed by atoms with E-state index in [0.29, 0.717) is 20.9 Å². The monoisotopic (exact) mass is 426 g/mol. The number of rotatable bonds is 2. The maximum atomic E-state index is 12.3. The molecule has 0 aliphatic carbocycles. The summed E-state index contributed by atoms with van der Waals surface area (Å²) in [5.41, 5.74) is 6.49. The Labute approximate surface area is 149 Å². The molecule has 3 nitrogen and oxygen atoms in total. The number of hydrogen-bond acceptors (Lipinski definition) is 2. The molecule has 3 N–H and O–H groups in total. The van der Waals surface area contributed by atoms with Crippen molar-refractivity contribution in [2.24, 2.45) is 0 Å². The first-order chi connectivity index (χ1) is 9.81. The van der Waals surface area contributed by atoms with Crippen molar-refractivity contribution in [1.82, 2.24) is 0 Å². The van der Waals surface area contributed by atoms with Crippen molar-refractivity contribution < 1.29 is 4.79 Å². The van der Waals surface area contributed by atoms with Crippen LogP contribution in [0.3, 0.4) is 0 Å². The Hall–Kier alpha value is -0.650. The van der Waals surface area contributed by atoms with Crippen molar-refractivity contribution in [2.75, 3.05) is 11.1 Å². The van der Waals surface area contributed by atoms with Crippen molar-refractivity contribution in [3.63, 3.8) is 0 Å². The average molecular weight is 429 g/mol. The van der Waals surface area contributed by atoms with Crippen LogP contribution in [0.1, 0.15) is 10.4 Å². The Morgan fingerprint density at radius 2 is 1.71 bits per heavy atom. The predicted octanol–water partition coefficient (Wildman–Crippen LogP) is 5.90. The molecule has 8 heteroatoms. The van der Waals surface area contributed by atoms with E-state index >= 15 is 0 Å². The molecule has 2 rings (SSSR count). The number of carbonyl (C=O) groups is 1. The molecule has 2 aromatic carbocycles. The van der Waals surface area contributed by atoms with Gasteiger partial charge in [-0.25, -0.2) is 0 Å². The molecule has 0 aliphatic rings. The fraction of sp³-hybridized carbons (Fsp3) is 0. The van der Waals surface area contributed by atoms with Gasteiger partial charge >= 0.3 is 0 Å². The molecule has 0 bridgehead atoms. The van der Waals surface area contributed by atoms with E-state index in [4.69, 9.17) is 52.1 Å². The Kier molecular flexibility index (Phi) is 5.28. The SMILES string of the molecule is Nc1cc(Cl)c(Cl)c(C(=O)Nc2ccc(Br)c(Cl)c2Cl)c1. The summed E-state index contributed by atoms with van der Waals surface area (Å²) in [7, 11) is 0. The first-order valence-corrected chi connectivity index (χ1v) is 7.81. The summed E-state index contributed by atoms with van der Waals surface area (Å²) in [6.07, 6.45) is 0. The van der Waals surface area contributed by atoms with Crippen LogP contribution in [0.15, 0.2) is 28.7 Å². The van der Waals surface area contributed by atoms with E-state index in [0.717, 1.165) is 0 Å². The molecular weight excluding hydrogens is 422 g/mol. The Morgan fingerprint density at radius 1 is 1.05 bits per heavy atom. The van der Waals surface area contributed by atoms with Gasteiger partial charge < -0.3 is 11.1 Å². The Morgan fingerprint density at radius 3 is 2.38 bits per heavy atom. The fourth-order valence-corrected chi connectivity index (χ4v) is 2.83. The molecule has 2 aromatic rings. The van der Waals surface area contributed by atoms with Crippen LogP contribution in [0.5, 0.6) is 0 Å². The van der Waals surface area contributed by atoms with Gasteiger partial charge in [-0.1, -0.05) is 46.4 Å². The van der Waals surface area contributed by atoms with E-state index in [9.17, 15) is 4.79 Å². The van der Waals surface area contributed by atoms with Crippen molar-refractivity contribution in [1.29, 1.82) is 0 Å². The lowest BCUT2D eigenvalue weighted by Crippen LogP contribution is -2.13. The highest BCUT2D eigenvalue weighted by molar-refractivity contribution is 9.10. The van der Waals surface area contributed by atoms with E-state index < -0.39 is 5.91 Å². The number of benzene rings is 2. The van der Waals surface area contributed by atoms with Gasteiger partial charge in [0.1, 0.15) is 0 Å². The number of hydrogen-bond donors (Lipinski definition) is 2. The Bertz CT molecular complexity index is 737. The third kappa shape index (κ3) is 3.58. The first-order valence-electron chi connectivity index (χ1n) is 5.50. The largest absolute Gasteiger partial charge is 0.399 e. The van der Waals surface area contributed by atoms with Gasteiger partial charge in [0, 0.05) is 10.2 Å². The maximum absolute atomic E-state index is 12.3. The molecule has 0 radical (unpaired) electrons. The van der Waals surface area contributed by atoms with Crippen molar-refractivity contribution in [2.45, 2.75) is 0 Å². The molecule has 0 unspecified atom stereocenters. The van der Waals surface area contributed by atoms with Gasteiger partial charge in [-0.15, -0.1) is 0 Å². The summed E-state index contributed by atoms with van der Waals surface area (Å²) in [5, 5.41) is 3.44. The quantitative estimate of drug-likeness (QED) is 0.462.